The summed E-state index contributed by atoms with van der Waals surface area (Å²) in [4.78, 5) is 0. The van der Waals surface area contributed by atoms with E-state index in [-0.39, 0.29) is 9.52 Å². The van der Waals surface area contributed by atoms with Gasteiger partial charge in [0.15, 0.2) is 0 Å². The molecule has 98 valence electrons. The van der Waals surface area contributed by atoms with Crippen molar-refractivity contribution in [2.45, 2.75) is 26.3 Å². The first-order valence-electron chi connectivity index (χ1n) is 6.87. The summed E-state index contributed by atoms with van der Waals surface area (Å²) in [5.41, 5.74) is 2.30. The van der Waals surface area contributed by atoms with Crippen molar-refractivity contribution in [2.75, 3.05) is 13.1 Å². The molecular formula is C16H25NSi. The van der Waals surface area contributed by atoms with Crippen molar-refractivity contribution in [1.29, 1.82) is 0 Å². The van der Waals surface area contributed by atoms with Gasteiger partial charge in [-0.25, -0.2) is 0 Å². The molecule has 18 heavy (non-hydrogen) atoms. The smallest absolute Gasteiger partial charge is 0.0667 e. The Morgan fingerprint density at radius 3 is 2.22 bits per heavy atom. The summed E-state index contributed by atoms with van der Waals surface area (Å²) in [7, 11) is -0.138. The van der Waals surface area contributed by atoms with Gasteiger partial charge < -0.3 is 5.32 Å². The van der Waals surface area contributed by atoms with Crippen molar-refractivity contribution in [3.63, 3.8) is 0 Å². The monoisotopic (exact) mass is 259 g/mol. The largest absolute Gasteiger partial charge is 0.317 e. The lowest BCUT2D eigenvalue weighted by molar-refractivity contribution is 0.762. The van der Waals surface area contributed by atoms with Gasteiger partial charge in [0.1, 0.15) is 0 Å². The van der Waals surface area contributed by atoms with Crippen molar-refractivity contribution in [2.24, 2.45) is 0 Å². The van der Waals surface area contributed by atoms with Crippen molar-refractivity contribution in [3.05, 3.63) is 54.1 Å². The fraction of sp³-hybridized carbons (Fsp3) is 0.375. The highest BCUT2D eigenvalue weighted by molar-refractivity contribution is 6.56. The molecule has 1 aromatic carbocycles. The maximum absolute atomic E-state index is 3.11. The first-order valence-corrected chi connectivity index (χ1v) is 8.39. The molecule has 1 unspecified atom stereocenters. The van der Waals surface area contributed by atoms with Gasteiger partial charge in [-0.05, 0) is 25.6 Å². The number of hydrogen-bond acceptors (Lipinski definition) is 1. The second kappa shape index (κ2) is 8.89. The van der Waals surface area contributed by atoms with Crippen LogP contribution in [0.15, 0.2) is 54.1 Å². The first-order chi connectivity index (χ1) is 8.77. The molecule has 0 fully saturated rings. The molecule has 1 aliphatic carbocycles. The van der Waals surface area contributed by atoms with E-state index in [2.05, 4.69) is 74.6 Å². The topological polar surface area (TPSA) is 12.0 Å². The molecule has 0 amide bonds. The number of benzene rings is 1. The first kappa shape index (κ1) is 14.9. The Labute approximate surface area is 114 Å². The molecule has 0 aromatic heterocycles. The van der Waals surface area contributed by atoms with Crippen molar-refractivity contribution in [1.82, 2.24) is 5.32 Å². The minimum absolute atomic E-state index is 0.138. The Kier molecular flexibility index (Phi) is 7.38. The molecule has 1 aromatic rings. The standard InChI is InChI=1S/C12H14Si.C4H11N/c1-10-6-5-9-12(10)13-11-7-3-2-4-8-11;1-3-5-4-2/h2-9,12H,13H2,1H3;5H,3-4H2,1-2H3. The van der Waals surface area contributed by atoms with E-state index in [4.69, 9.17) is 0 Å². The van der Waals surface area contributed by atoms with E-state index in [1.807, 2.05) is 0 Å². The molecular weight excluding hydrogens is 234 g/mol. The molecule has 0 radical (unpaired) electrons. The van der Waals surface area contributed by atoms with Crippen LogP contribution in [0.1, 0.15) is 20.8 Å². The molecule has 2 rings (SSSR count). The molecule has 0 saturated heterocycles. The van der Waals surface area contributed by atoms with E-state index in [0.29, 0.717) is 0 Å². The van der Waals surface area contributed by atoms with Crippen LogP contribution in [0, 0.1) is 0 Å². The number of nitrogens with one attached hydrogen (secondary N) is 1. The Morgan fingerprint density at radius 2 is 1.78 bits per heavy atom. The predicted octanol–water partition coefficient (Wildman–Crippen LogP) is 2.40. The zero-order chi connectivity index (χ0) is 13.2. The van der Waals surface area contributed by atoms with Crippen LogP contribution < -0.4 is 10.5 Å². The molecule has 0 heterocycles. The van der Waals surface area contributed by atoms with Crippen LogP contribution in [0.4, 0.5) is 0 Å². The number of hydrogen-bond donors (Lipinski definition) is 1. The lowest BCUT2D eigenvalue weighted by Crippen LogP contribution is -2.17. The summed E-state index contributed by atoms with van der Waals surface area (Å²) in [5, 5.41) is 4.67. The molecule has 1 nitrogen and oxygen atoms in total. The quantitative estimate of drug-likeness (QED) is 0.819. The van der Waals surface area contributed by atoms with Gasteiger partial charge in [-0.3, -0.25) is 0 Å². The fourth-order valence-corrected chi connectivity index (χ4v) is 3.77. The highest BCUT2D eigenvalue weighted by atomic mass is 28.2. The highest BCUT2D eigenvalue weighted by Crippen LogP contribution is 2.22. The normalized spacial score (nSPS) is 17.7. The Morgan fingerprint density at radius 1 is 1.11 bits per heavy atom. The molecule has 1 atom stereocenters. The average molecular weight is 259 g/mol. The highest BCUT2D eigenvalue weighted by Gasteiger charge is 2.11. The third kappa shape index (κ3) is 5.47. The van der Waals surface area contributed by atoms with Crippen LogP contribution in [-0.4, -0.2) is 22.6 Å². The van der Waals surface area contributed by atoms with Gasteiger partial charge in [-0.15, -0.1) is 0 Å². The van der Waals surface area contributed by atoms with E-state index >= 15 is 0 Å². The van der Waals surface area contributed by atoms with Gasteiger partial charge in [0, 0.05) is 0 Å². The van der Waals surface area contributed by atoms with Gasteiger partial charge in [-0.2, -0.15) is 0 Å². The van der Waals surface area contributed by atoms with E-state index in [1.165, 1.54) is 5.57 Å². The molecule has 1 aliphatic rings. The van der Waals surface area contributed by atoms with Crippen LogP contribution in [-0.2, 0) is 0 Å². The summed E-state index contributed by atoms with van der Waals surface area (Å²) in [5.74, 6) is 0. The van der Waals surface area contributed by atoms with Crippen LogP contribution in [0.25, 0.3) is 0 Å². The molecule has 0 aliphatic heterocycles. The SMILES string of the molecule is CC1=CC=CC1[SiH2]c1ccccc1.CCNCC. The predicted molar refractivity (Wildman–Crippen MR) is 85.5 cm³/mol. The lowest BCUT2D eigenvalue weighted by Gasteiger charge is -2.08. The molecule has 0 bridgehead atoms. The summed E-state index contributed by atoms with van der Waals surface area (Å²) in [6.07, 6.45) is 6.77. The summed E-state index contributed by atoms with van der Waals surface area (Å²) in [6.45, 7) is 8.63. The van der Waals surface area contributed by atoms with Crippen LogP contribution in [0.3, 0.4) is 0 Å². The number of allylic oxidation sites excluding steroid dienone is 4. The zero-order valence-electron chi connectivity index (χ0n) is 11.8. The van der Waals surface area contributed by atoms with Gasteiger partial charge in [0.2, 0.25) is 0 Å². The zero-order valence-corrected chi connectivity index (χ0v) is 13.2. The second-order valence-corrected chi connectivity index (χ2v) is 6.65. The summed E-state index contributed by atoms with van der Waals surface area (Å²) >= 11 is 0. The van der Waals surface area contributed by atoms with Crippen molar-refractivity contribution in [3.8, 4) is 0 Å². The van der Waals surface area contributed by atoms with Gasteiger partial charge in [0.05, 0.1) is 9.52 Å². The second-order valence-electron chi connectivity index (χ2n) is 4.55. The van der Waals surface area contributed by atoms with Crippen molar-refractivity contribution >= 4 is 14.7 Å². The molecule has 0 spiro atoms. The summed E-state index contributed by atoms with van der Waals surface area (Å²) in [6, 6.07) is 10.9. The van der Waals surface area contributed by atoms with Crippen LogP contribution in [0.2, 0.25) is 5.54 Å². The molecule has 1 N–H and O–H groups in total. The fourth-order valence-electron chi connectivity index (χ4n) is 1.96. The maximum atomic E-state index is 3.11. The Bertz CT molecular complexity index is 379. The molecule has 0 saturated carbocycles. The number of rotatable bonds is 4. The van der Waals surface area contributed by atoms with Gasteiger partial charge in [-0.1, -0.05) is 73.2 Å². The maximum Gasteiger partial charge on any atom is 0.0667 e. The van der Waals surface area contributed by atoms with E-state index in [0.717, 1.165) is 18.6 Å². The minimum Gasteiger partial charge on any atom is -0.317 e. The van der Waals surface area contributed by atoms with Gasteiger partial charge in [0.25, 0.3) is 0 Å². The third-order valence-electron chi connectivity index (χ3n) is 3.09. The average Bonchev–Trinajstić information content (AvgIpc) is 2.78. The minimum atomic E-state index is -0.138. The van der Waals surface area contributed by atoms with E-state index < -0.39 is 0 Å². The van der Waals surface area contributed by atoms with Gasteiger partial charge >= 0.3 is 0 Å². The Hall–Kier alpha value is -1.12. The van der Waals surface area contributed by atoms with Crippen molar-refractivity contribution < 1.29 is 0 Å². The van der Waals surface area contributed by atoms with E-state index in [1.54, 1.807) is 5.19 Å². The third-order valence-corrected chi connectivity index (χ3v) is 5.38. The Balaban J connectivity index is 0.000000280. The molecule has 2 heteroatoms. The van der Waals surface area contributed by atoms with Crippen LogP contribution >= 0.6 is 0 Å². The van der Waals surface area contributed by atoms with E-state index in [9.17, 15) is 0 Å². The van der Waals surface area contributed by atoms with Crippen LogP contribution in [0.5, 0.6) is 0 Å². The lowest BCUT2D eigenvalue weighted by atomic mass is 10.3. The summed E-state index contributed by atoms with van der Waals surface area (Å²) < 4.78 is 0.